The van der Waals surface area contributed by atoms with Crippen molar-refractivity contribution in [2.45, 2.75) is 17.9 Å². The summed E-state index contributed by atoms with van der Waals surface area (Å²) in [5.41, 5.74) is 7.12. The summed E-state index contributed by atoms with van der Waals surface area (Å²) in [6.45, 7) is 0.255. The van der Waals surface area contributed by atoms with Gasteiger partial charge in [0.05, 0.1) is 0 Å². The van der Waals surface area contributed by atoms with Crippen molar-refractivity contribution in [2.24, 2.45) is 5.73 Å². The van der Waals surface area contributed by atoms with Gasteiger partial charge >= 0.3 is 141 Å². The first kappa shape index (κ1) is 16.4. The molecule has 0 amide bonds. The first-order chi connectivity index (χ1) is 11.7. The van der Waals surface area contributed by atoms with E-state index in [4.69, 9.17) is 5.73 Å². The third-order valence-electron chi connectivity index (χ3n) is 3.67. The molecule has 2 aromatic carbocycles. The van der Waals surface area contributed by atoms with Crippen LogP contribution in [0.25, 0.3) is 10.8 Å². The number of aromatic nitrogens is 2. The third kappa shape index (κ3) is 3.56. The van der Waals surface area contributed by atoms with Gasteiger partial charge < -0.3 is 0 Å². The van der Waals surface area contributed by atoms with E-state index in [0.717, 1.165) is 15.8 Å². The summed E-state index contributed by atoms with van der Waals surface area (Å²) < 4.78 is 12.1. The summed E-state index contributed by atoms with van der Waals surface area (Å²) in [7, 11) is -1.16. The standard InChI is InChI=1S/C18H17N3O2S/c19-12-17-16-11-13(8-9-15(16)18(22)21-20-17)5-4-10-24(23)14-6-2-1-3-7-14/h1-4,6-11H,5,12,19H2,(H,21,22)/b10-4+. The van der Waals surface area contributed by atoms with Crippen LogP contribution in [0, 0.1) is 0 Å². The van der Waals surface area contributed by atoms with Gasteiger partial charge in [-0.05, 0) is 0 Å². The van der Waals surface area contributed by atoms with Crippen LogP contribution >= 0.6 is 0 Å². The van der Waals surface area contributed by atoms with Crippen molar-refractivity contribution in [2.75, 3.05) is 0 Å². The fraction of sp³-hybridized carbons (Fsp3) is 0.111. The van der Waals surface area contributed by atoms with Crippen LogP contribution in [0.15, 0.2) is 69.7 Å². The molecule has 0 aliphatic rings. The number of H-pyrrole nitrogens is 1. The first-order valence-electron chi connectivity index (χ1n) is 7.51. The molecule has 0 fully saturated rings. The van der Waals surface area contributed by atoms with Crippen LogP contribution in [-0.2, 0) is 27.7 Å². The van der Waals surface area contributed by atoms with Crippen molar-refractivity contribution in [3.05, 3.63) is 81.6 Å². The van der Waals surface area contributed by atoms with E-state index in [1.54, 1.807) is 11.5 Å². The zero-order valence-corrected chi connectivity index (χ0v) is 13.8. The molecule has 0 saturated carbocycles. The number of benzene rings is 2. The van der Waals surface area contributed by atoms with Crippen LogP contribution in [0.2, 0.25) is 0 Å². The zero-order chi connectivity index (χ0) is 16.9. The summed E-state index contributed by atoms with van der Waals surface area (Å²) in [5, 5.41) is 9.45. The van der Waals surface area contributed by atoms with Crippen LogP contribution in [0.3, 0.4) is 0 Å². The number of nitrogens with two attached hydrogens (primary N) is 1. The molecule has 0 atom stereocenters. The minimum absolute atomic E-state index is 0.227. The quantitative estimate of drug-likeness (QED) is 0.567. The van der Waals surface area contributed by atoms with E-state index >= 15 is 0 Å². The number of hydrogen-bond acceptors (Lipinski definition) is 4. The minimum atomic E-state index is -1.16. The van der Waals surface area contributed by atoms with Gasteiger partial charge in [0.1, 0.15) is 0 Å². The molecule has 122 valence electrons. The van der Waals surface area contributed by atoms with Gasteiger partial charge in [-0.3, -0.25) is 0 Å². The Balaban J connectivity index is 1.82. The molecule has 0 spiro atoms. The molecule has 5 nitrogen and oxygen atoms in total. The SMILES string of the molecule is NCc1n[nH]c(=O)c2ccc(C/C=C/[S-](#[O+])c3ccccc3)cc12. The second-order valence-corrected chi connectivity index (χ2v) is 6.61. The molecule has 0 unspecified atom stereocenters. The number of allylic oxidation sites excluding steroid dienone is 1. The Labute approximate surface area is 141 Å². The van der Waals surface area contributed by atoms with E-state index in [9.17, 15) is 8.84 Å². The van der Waals surface area contributed by atoms with Gasteiger partial charge in [0.2, 0.25) is 0 Å². The number of nitrogens with zero attached hydrogens (tertiary/aromatic N) is 1. The zero-order valence-electron chi connectivity index (χ0n) is 12.9. The van der Waals surface area contributed by atoms with Crippen molar-refractivity contribution < 1.29 is 4.04 Å². The van der Waals surface area contributed by atoms with E-state index in [1.165, 1.54) is 0 Å². The van der Waals surface area contributed by atoms with Gasteiger partial charge in [0, 0.05) is 0 Å². The number of nitrogens with one attached hydrogen (secondary N) is 1. The summed E-state index contributed by atoms with van der Waals surface area (Å²) in [6.07, 6.45) is 2.48. The second-order valence-electron chi connectivity index (χ2n) is 5.27. The number of fused-ring (bicyclic) bond motifs is 1. The van der Waals surface area contributed by atoms with Crippen molar-refractivity contribution in [1.29, 1.82) is 0 Å². The molecule has 1 heterocycles. The Kier molecular flexibility index (Phi) is 5.10. The number of hydrogen-bond donors (Lipinski definition) is 2. The predicted octanol–water partition coefficient (Wildman–Crippen LogP) is 2.46. The molecule has 0 radical (unpaired) electrons. The Morgan fingerprint density at radius 2 is 1.96 bits per heavy atom. The maximum absolute atomic E-state index is 12.1. The van der Waals surface area contributed by atoms with Crippen LogP contribution < -0.4 is 11.3 Å². The average molecular weight is 339 g/mol. The van der Waals surface area contributed by atoms with Crippen molar-refractivity contribution >= 4 is 21.4 Å². The summed E-state index contributed by atoms with van der Waals surface area (Å²) >= 11 is 0. The fourth-order valence-corrected chi connectivity index (χ4v) is 3.31. The molecular weight excluding hydrogens is 322 g/mol. The fourth-order valence-electron chi connectivity index (χ4n) is 2.45. The van der Waals surface area contributed by atoms with Gasteiger partial charge in [-0.2, -0.15) is 0 Å². The second kappa shape index (κ2) is 7.44. The molecule has 1 aromatic heterocycles. The summed E-state index contributed by atoms with van der Waals surface area (Å²) in [6, 6.07) is 14.9. The van der Waals surface area contributed by atoms with Gasteiger partial charge in [-0.1, -0.05) is 0 Å². The molecule has 0 bridgehead atoms. The van der Waals surface area contributed by atoms with Gasteiger partial charge in [0.15, 0.2) is 0 Å². The Bertz CT molecular complexity index is 1020. The van der Waals surface area contributed by atoms with Gasteiger partial charge in [-0.25, -0.2) is 0 Å². The molecule has 6 heteroatoms. The van der Waals surface area contributed by atoms with Crippen LogP contribution in [0.4, 0.5) is 0 Å². The van der Waals surface area contributed by atoms with E-state index < -0.39 is 10.6 Å². The van der Waals surface area contributed by atoms with Crippen LogP contribution in [-0.4, -0.2) is 10.2 Å². The van der Waals surface area contributed by atoms with Crippen molar-refractivity contribution in [3.63, 3.8) is 0 Å². The van der Waals surface area contributed by atoms with Crippen LogP contribution in [0.1, 0.15) is 11.3 Å². The summed E-state index contributed by atoms with van der Waals surface area (Å²) in [5.74, 6) is 0. The molecular formula is C18H17N3O2S. The Hall–Kier alpha value is -2.41. The Morgan fingerprint density at radius 3 is 2.71 bits per heavy atom. The molecule has 0 aliphatic heterocycles. The van der Waals surface area contributed by atoms with Gasteiger partial charge in [0.25, 0.3) is 0 Å². The van der Waals surface area contributed by atoms with Crippen molar-refractivity contribution in [1.82, 2.24) is 10.2 Å². The number of rotatable bonds is 3. The van der Waals surface area contributed by atoms with Crippen molar-refractivity contribution in [3.8, 4) is 0 Å². The normalized spacial score (nSPS) is 11.5. The molecule has 3 aromatic rings. The molecule has 0 aliphatic carbocycles. The first-order valence-corrected chi connectivity index (χ1v) is 8.73. The molecule has 24 heavy (non-hydrogen) atoms. The number of aromatic amines is 1. The topological polar surface area (TPSA) is 91.7 Å². The maximum atomic E-state index is 12.1. The van der Waals surface area contributed by atoms with Gasteiger partial charge in [-0.15, -0.1) is 0 Å². The molecule has 3 rings (SSSR count). The van der Waals surface area contributed by atoms with E-state index in [0.29, 0.717) is 17.5 Å². The van der Waals surface area contributed by atoms with E-state index in [1.807, 2.05) is 48.5 Å². The third-order valence-corrected chi connectivity index (χ3v) is 4.85. The summed E-state index contributed by atoms with van der Waals surface area (Å²) in [4.78, 5) is 12.6. The molecule has 0 saturated heterocycles. The molecule has 3 N–H and O–H groups in total. The average Bonchev–Trinajstić information content (AvgIpc) is 2.63. The van der Waals surface area contributed by atoms with Crippen LogP contribution in [0.5, 0.6) is 0 Å². The van der Waals surface area contributed by atoms with E-state index in [-0.39, 0.29) is 12.1 Å². The Morgan fingerprint density at radius 1 is 1.17 bits per heavy atom. The van der Waals surface area contributed by atoms with E-state index in [2.05, 4.69) is 10.2 Å². The monoisotopic (exact) mass is 339 g/mol. The predicted molar refractivity (Wildman–Crippen MR) is 95.9 cm³/mol.